The van der Waals surface area contributed by atoms with Crippen LogP contribution < -0.4 is 0 Å². The maximum atomic E-state index is 10.4. The van der Waals surface area contributed by atoms with Gasteiger partial charge in [-0.25, -0.2) is 0 Å². The molecule has 0 aromatic heterocycles. The molecule has 0 atom stereocenters. The number of hydrogen-bond acceptors (Lipinski definition) is 4. The molecule has 0 amide bonds. The lowest BCUT2D eigenvalue weighted by Gasteiger charge is -1.96. The smallest absolute Gasteiger partial charge is 0.306 e. The molecule has 1 radical (unpaired) electrons. The Labute approximate surface area is 59.1 Å². The molecule has 0 aliphatic rings. The maximum Gasteiger partial charge on any atom is 0.306 e. The molecule has 0 heterocycles. The minimum Gasteiger partial charge on any atom is -0.469 e. The molecule has 10 heavy (non-hydrogen) atoms. The monoisotopic (exact) mass is 145 g/mol. The molecule has 4 nitrogen and oxygen atoms in total. The van der Waals surface area contributed by atoms with Crippen molar-refractivity contribution in [1.29, 1.82) is 0 Å². The van der Waals surface area contributed by atoms with Crippen LogP contribution in [0, 0.1) is 7.11 Å². The second-order valence-electron chi connectivity index (χ2n) is 1.59. The molecule has 4 heteroatoms. The van der Waals surface area contributed by atoms with Crippen LogP contribution in [0.4, 0.5) is 0 Å². The van der Waals surface area contributed by atoms with Crippen LogP contribution in [0.1, 0.15) is 12.8 Å². The second-order valence-corrected chi connectivity index (χ2v) is 1.59. The zero-order valence-corrected chi connectivity index (χ0v) is 5.75. The average Bonchev–Trinajstić information content (AvgIpc) is 1.99. The first-order valence-corrected chi connectivity index (χ1v) is 2.72. The maximum absolute atomic E-state index is 10.4. The van der Waals surface area contributed by atoms with Crippen molar-refractivity contribution in [2.75, 3.05) is 7.11 Å². The van der Waals surface area contributed by atoms with Gasteiger partial charge in [-0.15, -0.1) is 0 Å². The highest BCUT2D eigenvalue weighted by molar-refractivity contribution is 5.77. The average molecular weight is 145 g/mol. The van der Waals surface area contributed by atoms with Crippen LogP contribution in [0.2, 0.25) is 0 Å². The Kier molecular flexibility index (Phi) is 4.28. The molecule has 0 fully saturated rings. The van der Waals surface area contributed by atoms with Crippen molar-refractivity contribution in [2.45, 2.75) is 12.8 Å². The molecule has 0 bridgehead atoms. The van der Waals surface area contributed by atoms with Gasteiger partial charge < -0.3 is 9.47 Å². The van der Waals surface area contributed by atoms with Crippen molar-refractivity contribution in [3.05, 3.63) is 7.11 Å². The Bertz CT molecular complexity index is 114. The molecule has 0 rings (SSSR count). The van der Waals surface area contributed by atoms with Gasteiger partial charge in [-0.05, 0) is 0 Å². The fourth-order valence-electron chi connectivity index (χ4n) is 0.378. The topological polar surface area (TPSA) is 52.6 Å². The molecule has 0 saturated heterocycles. The summed E-state index contributed by atoms with van der Waals surface area (Å²) in [5, 5.41) is 0. The Morgan fingerprint density at radius 2 is 1.80 bits per heavy atom. The fourth-order valence-corrected chi connectivity index (χ4v) is 0.378. The largest absolute Gasteiger partial charge is 0.469 e. The van der Waals surface area contributed by atoms with Gasteiger partial charge in [0.2, 0.25) is 0 Å². The van der Waals surface area contributed by atoms with Crippen molar-refractivity contribution in [1.82, 2.24) is 0 Å². The highest BCUT2D eigenvalue weighted by atomic mass is 16.5. The highest BCUT2D eigenvalue weighted by Crippen LogP contribution is 1.93. The standard InChI is InChI=1S/C6H9O4/c1-9-5(7)3-4-6(8)10-2/h1,3-4H2,2H3. The van der Waals surface area contributed by atoms with Crippen LogP contribution in [0.3, 0.4) is 0 Å². The first kappa shape index (κ1) is 8.94. The molecular weight excluding hydrogens is 136 g/mol. The van der Waals surface area contributed by atoms with Crippen molar-refractivity contribution >= 4 is 11.9 Å². The van der Waals surface area contributed by atoms with E-state index in [2.05, 4.69) is 16.6 Å². The molecular formula is C6H9O4. The number of methoxy groups -OCH3 is 1. The molecule has 0 aliphatic heterocycles. The summed E-state index contributed by atoms with van der Waals surface area (Å²) in [6, 6.07) is 0. The molecule has 0 aromatic carbocycles. The van der Waals surface area contributed by atoms with Gasteiger partial charge in [-0.2, -0.15) is 0 Å². The minimum atomic E-state index is -0.509. The van der Waals surface area contributed by atoms with E-state index in [4.69, 9.17) is 0 Å². The Balaban J connectivity index is 3.35. The van der Waals surface area contributed by atoms with E-state index in [9.17, 15) is 9.59 Å². The summed E-state index contributed by atoms with van der Waals surface area (Å²) in [4.78, 5) is 20.7. The lowest BCUT2D eigenvalue weighted by atomic mass is 10.3. The summed E-state index contributed by atoms with van der Waals surface area (Å²) in [5.74, 6) is -0.934. The molecule has 57 valence electrons. The van der Waals surface area contributed by atoms with Gasteiger partial charge in [0.05, 0.1) is 20.0 Å². The van der Waals surface area contributed by atoms with E-state index >= 15 is 0 Å². The third kappa shape index (κ3) is 3.88. The molecule has 0 saturated carbocycles. The molecule has 0 unspecified atom stereocenters. The number of esters is 2. The summed E-state index contributed by atoms with van der Waals surface area (Å²) < 4.78 is 8.33. The Morgan fingerprint density at radius 1 is 1.30 bits per heavy atom. The first-order valence-electron chi connectivity index (χ1n) is 2.72. The number of carbonyl (C=O) groups excluding carboxylic acids is 2. The zero-order valence-electron chi connectivity index (χ0n) is 5.75. The van der Waals surface area contributed by atoms with Crippen LogP contribution in [0.5, 0.6) is 0 Å². The SMILES string of the molecule is [CH2]OC(=O)CCC(=O)OC. The van der Waals surface area contributed by atoms with Gasteiger partial charge >= 0.3 is 11.9 Å². The van der Waals surface area contributed by atoms with Crippen LogP contribution in [-0.2, 0) is 19.1 Å². The van der Waals surface area contributed by atoms with E-state index in [-0.39, 0.29) is 12.8 Å². The Hall–Kier alpha value is -1.06. The lowest BCUT2D eigenvalue weighted by Crippen LogP contribution is -2.05. The summed E-state index contributed by atoms with van der Waals surface area (Å²) in [7, 11) is 4.15. The van der Waals surface area contributed by atoms with E-state index in [1.54, 1.807) is 0 Å². The van der Waals surface area contributed by atoms with Crippen LogP contribution >= 0.6 is 0 Å². The van der Waals surface area contributed by atoms with E-state index in [1.807, 2.05) is 0 Å². The predicted octanol–water partition coefficient (Wildman–Crippen LogP) is 0.274. The van der Waals surface area contributed by atoms with Gasteiger partial charge in [0.25, 0.3) is 0 Å². The zero-order chi connectivity index (χ0) is 7.98. The number of hydrogen-bond donors (Lipinski definition) is 0. The number of ether oxygens (including phenoxy) is 2. The lowest BCUT2D eigenvalue weighted by molar-refractivity contribution is -0.146. The first-order chi connectivity index (χ1) is 4.70. The van der Waals surface area contributed by atoms with Gasteiger partial charge in [0.15, 0.2) is 0 Å². The second kappa shape index (κ2) is 4.78. The van der Waals surface area contributed by atoms with Crippen LogP contribution in [0.25, 0.3) is 0 Å². The van der Waals surface area contributed by atoms with E-state index in [1.165, 1.54) is 7.11 Å². The third-order valence-electron chi connectivity index (χ3n) is 0.922. The number of carbonyl (C=O) groups is 2. The van der Waals surface area contributed by atoms with E-state index in [0.717, 1.165) is 0 Å². The van der Waals surface area contributed by atoms with Gasteiger partial charge in [-0.3, -0.25) is 9.59 Å². The quantitative estimate of drug-likeness (QED) is 0.535. The molecule has 0 aromatic rings. The van der Waals surface area contributed by atoms with E-state index in [0.29, 0.717) is 0 Å². The Morgan fingerprint density at radius 3 is 2.20 bits per heavy atom. The molecule has 0 aliphatic carbocycles. The van der Waals surface area contributed by atoms with Crippen molar-refractivity contribution in [3.8, 4) is 0 Å². The summed E-state index contributed by atoms with van der Waals surface area (Å²) in [6.45, 7) is 0. The van der Waals surface area contributed by atoms with Gasteiger partial charge in [0, 0.05) is 0 Å². The van der Waals surface area contributed by atoms with Gasteiger partial charge in [0.1, 0.15) is 7.11 Å². The third-order valence-corrected chi connectivity index (χ3v) is 0.922. The summed E-state index contributed by atoms with van der Waals surface area (Å²) in [6.07, 6.45) is 0.0705. The number of rotatable bonds is 3. The van der Waals surface area contributed by atoms with Crippen molar-refractivity contribution < 1.29 is 19.1 Å². The summed E-state index contributed by atoms with van der Waals surface area (Å²) in [5.41, 5.74) is 0. The minimum absolute atomic E-state index is 0.0240. The molecule has 0 spiro atoms. The molecule has 0 N–H and O–H groups in total. The van der Waals surface area contributed by atoms with Crippen LogP contribution in [0.15, 0.2) is 0 Å². The van der Waals surface area contributed by atoms with Crippen molar-refractivity contribution in [3.63, 3.8) is 0 Å². The highest BCUT2D eigenvalue weighted by Gasteiger charge is 2.05. The van der Waals surface area contributed by atoms with E-state index < -0.39 is 11.9 Å². The van der Waals surface area contributed by atoms with Crippen molar-refractivity contribution in [2.24, 2.45) is 0 Å². The fraction of sp³-hybridized carbons (Fsp3) is 0.500. The van der Waals surface area contributed by atoms with Crippen LogP contribution in [-0.4, -0.2) is 19.0 Å². The normalized spacial score (nSPS) is 8.60. The summed E-state index contributed by atoms with van der Waals surface area (Å²) >= 11 is 0. The van der Waals surface area contributed by atoms with Gasteiger partial charge in [-0.1, -0.05) is 0 Å². The predicted molar refractivity (Wildman–Crippen MR) is 32.7 cm³/mol.